The molecule has 1 N–H and O–H groups in total. The second-order valence-electron chi connectivity index (χ2n) is 7.64. The molecule has 0 aromatic heterocycles. The molecule has 1 atom stereocenters. The monoisotopic (exact) mass is 465 g/mol. The summed E-state index contributed by atoms with van der Waals surface area (Å²) in [7, 11) is -2.27. The summed E-state index contributed by atoms with van der Waals surface area (Å²) in [5.74, 6) is -0.0205. The van der Waals surface area contributed by atoms with E-state index in [4.69, 9.17) is 16.3 Å². The van der Waals surface area contributed by atoms with Gasteiger partial charge in [0.05, 0.1) is 24.1 Å². The Kier molecular flexibility index (Phi) is 7.33. The molecule has 0 saturated carbocycles. The van der Waals surface area contributed by atoms with E-state index < -0.39 is 22.0 Å². The van der Waals surface area contributed by atoms with Gasteiger partial charge in [-0.25, -0.2) is 8.42 Å². The van der Waals surface area contributed by atoms with Crippen LogP contribution >= 0.6 is 11.6 Å². The molecule has 0 aliphatic carbocycles. The molecule has 7 nitrogen and oxygen atoms in total. The topological polar surface area (TPSA) is 79.0 Å². The van der Waals surface area contributed by atoms with Crippen molar-refractivity contribution in [1.29, 1.82) is 0 Å². The minimum atomic E-state index is -3.75. The zero-order valence-electron chi connectivity index (χ0n) is 18.0. The molecule has 0 spiro atoms. The van der Waals surface area contributed by atoms with Crippen molar-refractivity contribution in [3.8, 4) is 5.75 Å². The van der Waals surface area contributed by atoms with E-state index in [1.807, 2.05) is 24.3 Å². The molecule has 0 bridgehead atoms. The van der Waals surface area contributed by atoms with Gasteiger partial charge in [0.2, 0.25) is 15.9 Å². The van der Waals surface area contributed by atoms with Gasteiger partial charge in [0.25, 0.3) is 0 Å². The van der Waals surface area contributed by atoms with E-state index in [0.29, 0.717) is 11.4 Å². The van der Waals surface area contributed by atoms with Crippen LogP contribution in [0.15, 0.2) is 42.5 Å². The number of anilines is 3. The predicted octanol–water partition coefficient (Wildman–Crippen LogP) is 4.13. The van der Waals surface area contributed by atoms with Crippen LogP contribution in [-0.2, 0) is 14.8 Å². The molecule has 2 aromatic rings. The first-order valence-corrected chi connectivity index (χ1v) is 12.4. The summed E-state index contributed by atoms with van der Waals surface area (Å²) in [6, 6.07) is 11.2. The minimum absolute atomic E-state index is 0.259. The van der Waals surface area contributed by atoms with Crippen molar-refractivity contribution in [3.05, 3.63) is 47.5 Å². The Balaban J connectivity index is 1.76. The third-order valence-corrected chi connectivity index (χ3v) is 6.87. The van der Waals surface area contributed by atoms with Gasteiger partial charge in [-0.3, -0.25) is 9.10 Å². The standard InChI is InChI=1S/C22H28ClN3O4S/c1-16(26(31(3,28)29)19-11-12-21(30-2)20(23)15-19)22(27)24-17-7-9-18(10-8-17)25-13-5-4-6-14-25/h7-12,15-16H,4-6,13-14H2,1-3H3,(H,24,27)/t16-/m1/s1. The number of carbonyl (C=O) groups is 1. The average Bonchev–Trinajstić information content (AvgIpc) is 2.74. The zero-order chi connectivity index (χ0) is 22.6. The first-order valence-electron chi connectivity index (χ1n) is 10.2. The highest BCUT2D eigenvalue weighted by atomic mass is 35.5. The van der Waals surface area contributed by atoms with Crippen molar-refractivity contribution >= 4 is 44.6 Å². The molecule has 1 amide bonds. The Hall–Kier alpha value is -2.45. The number of nitrogens with zero attached hydrogens (tertiary/aromatic N) is 2. The first-order chi connectivity index (χ1) is 14.7. The van der Waals surface area contributed by atoms with Crippen molar-refractivity contribution in [3.63, 3.8) is 0 Å². The van der Waals surface area contributed by atoms with E-state index in [-0.39, 0.29) is 10.7 Å². The minimum Gasteiger partial charge on any atom is -0.495 e. The summed E-state index contributed by atoms with van der Waals surface area (Å²) in [5, 5.41) is 3.07. The van der Waals surface area contributed by atoms with Crippen molar-refractivity contribution < 1.29 is 17.9 Å². The number of hydrogen-bond acceptors (Lipinski definition) is 5. The highest BCUT2D eigenvalue weighted by Crippen LogP contribution is 2.31. The average molecular weight is 466 g/mol. The molecule has 1 heterocycles. The van der Waals surface area contributed by atoms with E-state index in [1.54, 1.807) is 12.1 Å². The summed E-state index contributed by atoms with van der Waals surface area (Å²) in [6.45, 7) is 3.61. The second-order valence-corrected chi connectivity index (χ2v) is 9.90. The van der Waals surface area contributed by atoms with Crippen molar-refractivity contribution in [2.24, 2.45) is 0 Å². The Morgan fingerprint density at radius 1 is 1.13 bits per heavy atom. The lowest BCUT2D eigenvalue weighted by molar-refractivity contribution is -0.116. The van der Waals surface area contributed by atoms with Gasteiger partial charge in [-0.05, 0) is 68.7 Å². The Bertz CT molecular complexity index is 1020. The Morgan fingerprint density at radius 2 is 1.77 bits per heavy atom. The lowest BCUT2D eigenvalue weighted by Gasteiger charge is -2.29. The lowest BCUT2D eigenvalue weighted by Crippen LogP contribution is -2.45. The number of rotatable bonds is 7. The normalized spacial score (nSPS) is 15.3. The van der Waals surface area contributed by atoms with Crippen LogP contribution in [0.1, 0.15) is 26.2 Å². The van der Waals surface area contributed by atoms with Gasteiger partial charge >= 0.3 is 0 Å². The number of sulfonamides is 1. The van der Waals surface area contributed by atoms with Crippen LogP contribution in [0.25, 0.3) is 0 Å². The van der Waals surface area contributed by atoms with E-state index in [1.165, 1.54) is 39.4 Å². The van der Waals surface area contributed by atoms with Crippen LogP contribution < -0.4 is 19.3 Å². The molecular weight excluding hydrogens is 438 g/mol. The number of carbonyl (C=O) groups excluding carboxylic acids is 1. The van der Waals surface area contributed by atoms with E-state index in [0.717, 1.165) is 29.3 Å². The van der Waals surface area contributed by atoms with Crippen LogP contribution in [0.4, 0.5) is 17.1 Å². The molecule has 1 fully saturated rings. The zero-order valence-corrected chi connectivity index (χ0v) is 19.5. The lowest BCUT2D eigenvalue weighted by atomic mass is 10.1. The summed E-state index contributed by atoms with van der Waals surface area (Å²) in [4.78, 5) is 15.2. The van der Waals surface area contributed by atoms with Gasteiger partial charge in [-0.1, -0.05) is 11.6 Å². The number of ether oxygens (including phenoxy) is 1. The fourth-order valence-electron chi connectivity index (χ4n) is 3.76. The van der Waals surface area contributed by atoms with Gasteiger partial charge < -0.3 is 15.0 Å². The number of methoxy groups -OCH3 is 1. The Labute approximate surface area is 189 Å². The molecule has 1 aliphatic heterocycles. The molecule has 0 unspecified atom stereocenters. The predicted molar refractivity (Wildman–Crippen MR) is 126 cm³/mol. The highest BCUT2D eigenvalue weighted by Gasteiger charge is 2.29. The van der Waals surface area contributed by atoms with Gasteiger partial charge in [0, 0.05) is 24.5 Å². The number of halogens is 1. The third kappa shape index (κ3) is 5.62. The van der Waals surface area contributed by atoms with Gasteiger partial charge in [-0.2, -0.15) is 0 Å². The van der Waals surface area contributed by atoms with Gasteiger partial charge in [0.15, 0.2) is 0 Å². The number of amides is 1. The summed E-state index contributed by atoms with van der Waals surface area (Å²) in [6.07, 6.45) is 4.69. The molecule has 9 heteroatoms. The molecular formula is C22H28ClN3O4S. The number of piperidine rings is 1. The summed E-state index contributed by atoms with van der Waals surface area (Å²) >= 11 is 6.17. The fourth-order valence-corrected chi connectivity index (χ4v) is 5.17. The maximum Gasteiger partial charge on any atom is 0.247 e. The van der Waals surface area contributed by atoms with Crippen LogP contribution in [0, 0.1) is 0 Å². The van der Waals surface area contributed by atoms with E-state index in [2.05, 4.69) is 10.2 Å². The maximum absolute atomic E-state index is 12.9. The van der Waals surface area contributed by atoms with Crippen LogP contribution in [-0.4, -0.2) is 46.8 Å². The quantitative estimate of drug-likeness (QED) is 0.665. The molecule has 1 aliphatic rings. The molecule has 31 heavy (non-hydrogen) atoms. The van der Waals surface area contributed by atoms with Crippen LogP contribution in [0.3, 0.4) is 0 Å². The SMILES string of the molecule is COc1ccc(N([C@H](C)C(=O)Nc2ccc(N3CCCCC3)cc2)S(C)(=O)=O)cc1Cl. The van der Waals surface area contributed by atoms with Gasteiger partial charge in [0.1, 0.15) is 11.8 Å². The number of hydrogen-bond donors (Lipinski definition) is 1. The fraction of sp³-hybridized carbons (Fsp3) is 0.409. The van der Waals surface area contributed by atoms with Crippen molar-refractivity contribution in [1.82, 2.24) is 0 Å². The number of benzene rings is 2. The molecule has 0 radical (unpaired) electrons. The molecule has 3 rings (SSSR count). The van der Waals surface area contributed by atoms with Crippen LogP contribution in [0.2, 0.25) is 5.02 Å². The molecule has 1 saturated heterocycles. The van der Waals surface area contributed by atoms with Crippen molar-refractivity contribution in [2.45, 2.75) is 32.2 Å². The van der Waals surface area contributed by atoms with Crippen molar-refractivity contribution in [2.75, 3.05) is 41.0 Å². The summed E-state index contributed by atoms with van der Waals surface area (Å²) in [5.41, 5.74) is 2.02. The van der Waals surface area contributed by atoms with E-state index >= 15 is 0 Å². The third-order valence-electron chi connectivity index (χ3n) is 5.33. The Morgan fingerprint density at radius 3 is 2.32 bits per heavy atom. The van der Waals surface area contributed by atoms with E-state index in [9.17, 15) is 13.2 Å². The summed E-state index contributed by atoms with van der Waals surface area (Å²) < 4.78 is 31.1. The smallest absolute Gasteiger partial charge is 0.247 e. The van der Waals surface area contributed by atoms with Crippen LogP contribution in [0.5, 0.6) is 5.75 Å². The molecule has 2 aromatic carbocycles. The maximum atomic E-state index is 12.9. The first kappa shape index (κ1) is 23.2. The number of nitrogens with one attached hydrogen (secondary N) is 1. The molecule has 168 valence electrons. The second kappa shape index (κ2) is 9.78. The largest absolute Gasteiger partial charge is 0.495 e. The highest BCUT2D eigenvalue weighted by molar-refractivity contribution is 7.92. The van der Waals surface area contributed by atoms with Gasteiger partial charge in [-0.15, -0.1) is 0 Å².